The molecule has 194 valence electrons. The molecule has 7 aromatic carbocycles. The Balaban J connectivity index is 1.42. The summed E-state index contributed by atoms with van der Waals surface area (Å²) in [5, 5.41) is 7.06. The zero-order valence-electron chi connectivity index (χ0n) is 22.5. The summed E-state index contributed by atoms with van der Waals surface area (Å²) >= 11 is 0. The molecule has 0 aliphatic carbocycles. The Morgan fingerprint density at radius 1 is 0.524 bits per heavy atom. The highest BCUT2D eigenvalue weighted by Gasteiger charge is 2.45. The third-order valence-electron chi connectivity index (χ3n) is 9.03. The fraction of sp³-hybridized carbons (Fsp3) is 0. The van der Waals surface area contributed by atoms with Crippen LogP contribution in [0.4, 0.5) is 17.1 Å². The lowest BCUT2D eigenvalue weighted by Crippen LogP contribution is -2.56. The van der Waals surface area contributed by atoms with Crippen LogP contribution in [-0.4, -0.2) is 6.92 Å². The zero-order chi connectivity index (χ0) is 27.4. The van der Waals surface area contributed by atoms with Crippen LogP contribution in [0.1, 0.15) is 0 Å². The summed E-state index contributed by atoms with van der Waals surface area (Å²) in [5.74, 6) is 0.908. The largest absolute Gasteiger partial charge is 0.551 e. The Morgan fingerprint density at radius 3 is 2.19 bits per heavy atom. The van der Waals surface area contributed by atoms with Gasteiger partial charge >= 0.3 is 6.92 Å². The molecular formula is C38H22BNO2. The lowest BCUT2D eigenvalue weighted by atomic mass is 9.48. The molecule has 8 aromatic rings. The molecule has 0 amide bonds. The number of para-hydroxylation sites is 2. The fourth-order valence-electron chi connectivity index (χ4n) is 7.21. The second kappa shape index (κ2) is 8.05. The molecule has 0 spiro atoms. The van der Waals surface area contributed by atoms with Crippen LogP contribution in [0, 0.1) is 0 Å². The minimum absolute atomic E-state index is 0.277. The molecule has 2 aliphatic heterocycles. The summed E-state index contributed by atoms with van der Waals surface area (Å²) in [6.07, 6.45) is 0. The number of rotatable bonds is 1. The van der Waals surface area contributed by atoms with Crippen LogP contribution >= 0.6 is 0 Å². The van der Waals surface area contributed by atoms with Gasteiger partial charge in [-0.15, -0.1) is 0 Å². The number of furan rings is 1. The van der Waals surface area contributed by atoms with Crippen LogP contribution in [0.5, 0.6) is 5.75 Å². The van der Waals surface area contributed by atoms with Gasteiger partial charge in [0.1, 0.15) is 11.3 Å². The number of fused-ring (bicyclic) bond motifs is 11. The van der Waals surface area contributed by atoms with E-state index >= 15 is 0 Å². The SMILES string of the molecule is c1ccc2c(c1)OB1c3c-2cc2c(oc4ccccc42)c3N(c2ccc3ccccc3c2)c2ccc3ccccc3c21. The molecule has 0 N–H and O–H groups in total. The van der Waals surface area contributed by atoms with Gasteiger partial charge < -0.3 is 14.0 Å². The van der Waals surface area contributed by atoms with Gasteiger partial charge in [0.25, 0.3) is 0 Å². The molecule has 4 heteroatoms. The minimum atomic E-state index is -0.277. The van der Waals surface area contributed by atoms with Crippen molar-refractivity contribution < 1.29 is 9.07 Å². The van der Waals surface area contributed by atoms with Crippen molar-refractivity contribution in [2.24, 2.45) is 0 Å². The second-order valence-corrected chi connectivity index (χ2v) is 11.2. The van der Waals surface area contributed by atoms with Crippen molar-refractivity contribution in [3.63, 3.8) is 0 Å². The predicted molar refractivity (Wildman–Crippen MR) is 175 cm³/mol. The first-order chi connectivity index (χ1) is 20.8. The first-order valence-electron chi connectivity index (χ1n) is 14.4. The molecule has 2 aliphatic rings. The van der Waals surface area contributed by atoms with Gasteiger partial charge in [-0.3, -0.25) is 0 Å². The highest BCUT2D eigenvalue weighted by molar-refractivity contribution is 6.87. The van der Waals surface area contributed by atoms with E-state index in [-0.39, 0.29) is 6.92 Å². The Kier molecular flexibility index (Phi) is 4.26. The van der Waals surface area contributed by atoms with Crippen molar-refractivity contribution in [2.75, 3.05) is 4.90 Å². The van der Waals surface area contributed by atoms with Crippen molar-refractivity contribution in [2.45, 2.75) is 0 Å². The molecular weight excluding hydrogens is 513 g/mol. The van der Waals surface area contributed by atoms with E-state index in [0.717, 1.165) is 55.8 Å². The molecule has 1 aromatic heterocycles. The van der Waals surface area contributed by atoms with Gasteiger partial charge in [-0.1, -0.05) is 97.1 Å². The summed E-state index contributed by atoms with van der Waals surface area (Å²) in [7, 11) is 0. The summed E-state index contributed by atoms with van der Waals surface area (Å²) in [6.45, 7) is -0.277. The Hall–Kier alpha value is -5.48. The molecule has 0 fully saturated rings. The van der Waals surface area contributed by atoms with Gasteiger partial charge in [0.05, 0.1) is 5.69 Å². The van der Waals surface area contributed by atoms with Gasteiger partial charge in [-0.25, -0.2) is 0 Å². The van der Waals surface area contributed by atoms with E-state index in [0.29, 0.717) is 0 Å². The lowest BCUT2D eigenvalue weighted by molar-refractivity contribution is 0.590. The van der Waals surface area contributed by atoms with Crippen molar-refractivity contribution >= 4 is 78.4 Å². The van der Waals surface area contributed by atoms with E-state index in [1.807, 2.05) is 6.07 Å². The topological polar surface area (TPSA) is 25.6 Å². The van der Waals surface area contributed by atoms with Gasteiger partial charge in [0.15, 0.2) is 5.58 Å². The molecule has 0 saturated heterocycles. The van der Waals surface area contributed by atoms with E-state index in [4.69, 9.17) is 9.07 Å². The van der Waals surface area contributed by atoms with Gasteiger partial charge in [0.2, 0.25) is 0 Å². The van der Waals surface area contributed by atoms with Crippen LogP contribution in [0.3, 0.4) is 0 Å². The zero-order valence-corrected chi connectivity index (χ0v) is 22.5. The summed E-state index contributed by atoms with van der Waals surface area (Å²) < 4.78 is 13.7. The molecule has 0 unspecified atom stereocenters. The van der Waals surface area contributed by atoms with E-state index in [1.54, 1.807) is 0 Å². The van der Waals surface area contributed by atoms with Crippen molar-refractivity contribution in [1.82, 2.24) is 0 Å². The maximum Gasteiger partial charge on any atom is 0.432 e. The summed E-state index contributed by atoms with van der Waals surface area (Å²) in [5.41, 5.74) is 9.67. The fourth-order valence-corrected chi connectivity index (χ4v) is 7.21. The monoisotopic (exact) mass is 535 g/mol. The minimum Gasteiger partial charge on any atom is -0.551 e. The van der Waals surface area contributed by atoms with Crippen LogP contribution in [0.25, 0.3) is 54.6 Å². The molecule has 0 radical (unpaired) electrons. The highest BCUT2D eigenvalue weighted by atomic mass is 16.4. The quantitative estimate of drug-likeness (QED) is 0.197. The van der Waals surface area contributed by atoms with E-state index < -0.39 is 0 Å². The smallest absolute Gasteiger partial charge is 0.432 e. The third kappa shape index (κ3) is 2.86. The van der Waals surface area contributed by atoms with Crippen molar-refractivity contribution in [1.29, 1.82) is 0 Å². The third-order valence-corrected chi connectivity index (χ3v) is 9.03. The van der Waals surface area contributed by atoms with Crippen LogP contribution < -0.4 is 20.5 Å². The van der Waals surface area contributed by atoms with Gasteiger partial charge in [0, 0.05) is 38.6 Å². The molecule has 0 bridgehead atoms. The maximum atomic E-state index is 6.98. The highest BCUT2D eigenvalue weighted by Crippen LogP contribution is 2.49. The summed E-state index contributed by atoms with van der Waals surface area (Å²) in [6, 6.07) is 47.5. The molecule has 0 atom stereocenters. The molecule has 3 nitrogen and oxygen atoms in total. The Morgan fingerprint density at radius 2 is 1.26 bits per heavy atom. The van der Waals surface area contributed by atoms with E-state index in [9.17, 15) is 0 Å². The number of hydrogen-bond donors (Lipinski definition) is 0. The molecule has 0 saturated carbocycles. The Labute approximate surface area is 242 Å². The van der Waals surface area contributed by atoms with Crippen molar-refractivity contribution in [3.05, 3.63) is 133 Å². The average molecular weight is 535 g/mol. The van der Waals surface area contributed by atoms with Crippen LogP contribution in [0.15, 0.2) is 138 Å². The summed E-state index contributed by atoms with van der Waals surface area (Å²) in [4.78, 5) is 2.41. The lowest BCUT2D eigenvalue weighted by Gasteiger charge is -2.40. The molecule has 10 rings (SSSR count). The number of benzene rings is 7. The number of hydrogen-bond acceptors (Lipinski definition) is 3. The average Bonchev–Trinajstić information content (AvgIpc) is 3.43. The normalized spacial score (nSPS) is 13.3. The van der Waals surface area contributed by atoms with Crippen LogP contribution in [0.2, 0.25) is 0 Å². The number of nitrogens with zero attached hydrogens (tertiary/aromatic N) is 1. The van der Waals surface area contributed by atoms with Gasteiger partial charge in [-0.2, -0.15) is 0 Å². The van der Waals surface area contributed by atoms with Crippen molar-refractivity contribution in [3.8, 4) is 16.9 Å². The van der Waals surface area contributed by atoms with E-state index in [2.05, 4.69) is 132 Å². The molecule has 42 heavy (non-hydrogen) atoms. The number of anilines is 3. The maximum absolute atomic E-state index is 6.98. The predicted octanol–water partition coefficient (Wildman–Crippen LogP) is 8.84. The first-order valence-corrected chi connectivity index (χ1v) is 14.4. The standard InChI is InChI=1S/C38H22BNO2/c1-2-11-25-21-26(19-17-23(25)9-1)40-32-20-18-24-10-3-4-12-27(24)35(32)39-36-30(28-13-6-8-16-34(28)42-39)22-31-29-14-5-7-15-33(29)41-38(31)37(36)40/h1-22H. The van der Waals surface area contributed by atoms with Crippen LogP contribution in [-0.2, 0) is 0 Å². The first kappa shape index (κ1) is 22.2. The Bertz CT molecular complexity index is 2420. The molecule has 3 heterocycles. The second-order valence-electron chi connectivity index (χ2n) is 11.2. The van der Waals surface area contributed by atoms with E-state index in [1.165, 1.54) is 32.6 Å². The van der Waals surface area contributed by atoms with Gasteiger partial charge in [-0.05, 0) is 63.5 Å².